The molecule has 1 N–H and O–H groups in total. The topological polar surface area (TPSA) is 49.4 Å². The zero-order chi connectivity index (χ0) is 15.7. The molecule has 0 spiro atoms. The van der Waals surface area contributed by atoms with Crippen molar-refractivity contribution in [1.29, 1.82) is 0 Å². The molecule has 0 amide bonds. The van der Waals surface area contributed by atoms with Gasteiger partial charge in [-0.25, -0.2) is 12.8 Å². The zero-order valence-electron chi connectivity index (χ0n) is 13.3. The van der Waals surface area contributed by atoms with Gasteiger partial charge in [0.1, 0.15) is 10.7 Å². The molecule has 1 saturated heterocycles. The molecule has 0 bridgehead atoms. The summed E-state index contributed by atoms with van der Waals surface area (Å²) < 4.78 is 40.8. The Hall–Kier alpha value is -0.690. The molecular weight excluding hydrogens is 339 g/mol. The SMILES string of the molecule is Cc1cccc(F)c1S(=O)(=O)N1CCC(NCC2CC2)CC1.Cl. The molecule has 23 heavy (non-hydrogen) atoms. The largest absolute Gasteiger partial charge is 0.314 e. The molecule has 3 rings (SSSR count). The van der Waals surface area contributed by atoms with Crippen LogP contribution in [0.15, 0.2) is 23.1 Å². The Morgan fingerprint density at radius 3 is 2.43 bits per heavy atom. The number of piperidine rings is 1. The van der Waals surface area contributed by atoms with Crippen LogP contribution in [-0.2, 0) is 10.0 Å². The van der Waals surface area contributed by atoms with Crippen molar-refractivity contribution in [2.45, 2.75) is 43.5 Å². The number of hydrogen-bond acceptors (Lipinski definition) is 3. The summed E-state index contributed by atoms with van der Waals surface area (Å²) in [5.41, 5.74) is 0.467. The highest BCUT2D eigenvalue weighted by Crippen LogP contribution is 2.29. The van der Waals surface area contributed by atoms with Crippen molar-refractivity contribution in [3.05, 3.63) is 29.6 Å². The van der Waals surface area contributed by atoms with Gasteiger partial charge in [-0.15, -0.1) is 12.4 Å². The minimum Gasteiger partial charge on any atom is -0.314 e. The predicted octanol–water partition coefficient (Wildman–Crippen LogP) is 2.71. The Labute approximate surface area is 143 Å². The number of halogens is 2. The van der Waals surface area contributed by atoms with Gasteiger partial charge in [-0.05, 0) is 56.7 Å². The number of sulfonamides is 1. The first kappa shape index (κ1) is 18.6. The van der Waals surface area contributed by atoms with Crippen LogP contribution in [0.1, 0.15) is 31.2 Å². The van der Waals surface area contributed by atoms with E-state index in [2.05, 4.69) is 5.32 Å². The molecule has 1 aromatic carbocycles. The van der Waals surface area contributed by atoms with E-state index in [-0.39, 0.29) is 17.3 Å². The highest BCUT2D eigenvalue weighted by atomic mass is 35.5. The molecule has 1 aromatic rings. The maximum atomic E-state index is 14.0. The molecule has 1 aliphatic heterocycles. The van der Waals surface area contributed by atoms with E-state index in [0.717, 1.165) is 25.3 Å². The average molecular weight is 363 g/mol. The second-order valence-electron chi connectivity index (χ2n) is 6.42. The summed E-state index contributed by atoms with van der Waals surface area (Å²) >= 11 is 0. The van der Waals surface area contributed by atoms with Crippen molar-refractivity contribution in [2.75, 3.05) is 19.6 Å². The maximum Gasteiger partial charge on any atom is 0.246 e. The van der Waals surface area contributed by atoms with Crippen LogP contribution in [-0.4, -0.2) is 38.4 Å². The van der Waals surface area contributed by atoms with Crippen molar-refractivity contribution in [3.8, 4) is 0 Å². The molecule has 130 valence electrons. The maximum absolute atomic E-state index is 14.0. The third-order valence-corrected chi connectivity index (χ3v) is 6.69. The minimum atomic E-state index is -3.74. The van der Waals surface area contributed by atoms with Crippen LogP contribution in [0.3, 0.4) is 0 Å². The van der Waals surface area contributed by atoms with E-state index in [9.17, 15) is 12.8 Å². The molecule has 0 aromatic heterocycles. The van der Waals surface area contributed by atoms with Crippen molar-refractivity contribution >= 4 is 22.4 Å². The number of benzene rings is 1. The van der Waals surface area contributed by atoms with Gasteiger partial charge >= 0.3 is 0 Å². The molecule has 0 radical (unpaired) electrons. The standard InChI is InChI=1S/C16H23FN2O2S.ClH/c1-12-3-2-4-15(17)16(12)22(20,21)19-9-7-14(8-10-19)18-11-13-5-6-13;/h2-4,13-14,18H,5-11H2,1H3;1H. The highest BCUT2D eigenvalue weighted by molar-refractivity contribution is 7.89. The van der Waals surface area contributed by atoms with E-state index in [1.54, 1.807) is 13.0 Å². The lowest BCUT2D eigenvalue weighted by molar-refractivity contribution is 0.287. The van der Waals surface area contributed by atoms with Gasteiger partial charge < -0.3 is 5.32 Å². The number of nitrogens with zero attached hydrogens (tertiary/aromatic N) is 1. The van der Waals surface area contributed by atoms with Crippen molar-refractivity contribution in [2.24, 2.45) is 5.92 Å². The fraction of sp³-hybridized carbons (Fsp3) is 0.625. The Bertz CT molecular complexity index is 621. The van der Waals surface area contributed by atoms with Gasteiger partial charge in [0, 0.05) is 19.1 Å². The van der Waals surface area contributed by atoms with E-state index < -0.39 is 15.8 Å². The smallest absolute Gasteiger partial charge is 0.246 e. The fourth-order valence-corrected chi connectivity index (χ4v) is 4.77. The molecular formula is C16H24ClFN2O2S. The van der Waals surface area contributed by atoms with Gasteiger partial charge in [0.2, 0.25) is 10.0 Å². The van der Waals surface area contributed by atoms with Crippen LogP contribution in [0.2, 0.25) is 0 Å². The van der Waals surface area contributed by atoms with Crippen molar-refractivity contribution in [1.82, 2.24) is 9.62 Å². The lowest BCUT2D eigenvalue weighted by atomic mass is 10.1. The van der Waals surface area contributed by atoms with Gasteiger partial charge in [-0.1, -0.05) is 12.1 Å². The molecule has 1 saturated carbocycles. The summed E-state index contributed by atoms with van der Waals surface area (Å²) in [7, 11) is -3.74. The Morgan fingerprint density at radius 1 is 1.22 bits per heavy atom. The number of hydrogen-bond donors (Lipinski definition) is 1. The van der Waals surface area contributed by atoms with E-state index in [1.807, 2.05) is 0 Å². The van der Waals surface area contributed by atoms with Gasteiger partial charge in [0.25, 0.3) is 0 Å². The van der Waals surface area contributed by atoms with E-state index >= 15 is 0 Å². The summed E-state index contributed by atoms with van der Waals surface area (Å²) in [5.74, 6) is 0.164. The van der Waals surface area contributed by atoms with Crippen LogP contribution in [0.5, 0.6) is 0 Å². The molecule has 7 heteroatoms. The van der Waals surface area contributed by atoms with Crippen LogP contribution in [0, 0.1) is 18.7 Å². The van der Waals surface area contributed by atoms with Crippen molar-refractivity contribution < 1.29 is 12.8 Å². The summed E-state index contributed by atoms with van der Waals surface area (Å²) in [5, 5.41) is 3.52. The zero-order valence-corrected chi connectivity index (χ0v) is 14.9. The van der Waals surface area contributed by atoms with Gasteiger partial charge in [0.05, 0.1) is 0 Å². The quantitative estimate of drug-likeness (QED) is 0.876. The van der Waals surface area contributed by atoms with Crippen molar-refractivity contribution in [3.63, 3.8) is 0 Å². The first-order valence-corrected chi connectivity index (χ1v) is 9.41. The van der Waals surface area contributed by atoms with E-state index in [4.69, 9.17) is 0 Å². The fourth-order valence-electron chi connectivity index (χ4n) is 3.03. The van der Waals surface area contributed by atoms with Crippen LogP contribution >= 0.6 is 12.4 Å². The third-order valence-electron chi connectivity index (χ3n) is 4.61. The molecule has 0 atom stereocenters. The van der Waals surface area contributed by atoms with Crippen LogP contribution in [0.25, 0.3) is 0 Å². The average Bonchev–Trinajstić information content (AvgIpc) is 3.29. The van der Waals surface area contributed by atoms with E-state index in [0.29, 0.717) is 24.7 Å². The third kappa shape index (κ3) is 4.24. The second-order valence-corrected chi connectivity index (χ2v) is 8.29. The lowest BCUT2D eigenvalue weighted by Crippen LogP contribution is -2.45. The number of nitrogens with one attached hydrogen (secondary N) is 1. The Kier molecular flexibility index (Phi) is 6.05. The van der Waals surface area contributed by atoms with E-state index in [1.165, 1.54) is 29.3 Å². The monoisotopic (exact) mass is 362 g/mol. The molecule has 1 heterocycles. The second kappa shape index (κ2) is 7.47. The normalized spacial score (nSPS) is 20.3. The molecule has 2 aliphatic rings. The summed E-state index contributed by atoms with van der Waals surface area (Å²) in [6.45, 7) is 3.60. The molecule has 2 fully saturated rings. The highest BCUT2D eigenvalue weighted by Gasteiger charge is 2.32. The number of aryl methyl sites for hydroxylation is 1. The number of rotatable bonds is 5. The summed E-state index contributed by atoms with van der Waals surface area (Å²) in [6, 6.07) is 4.77. The van der Waals surface area contributed by atoms with Gasteiger partial charge in [-0.2, -0.15) is 4.31 Å². The molecule has 1 aliphatic carbocycles. The van der Waals surface area contributed by atoms with Gasteiger partial charge in [0.15, 0.2) is 0 Å². The minimum absolute atomic E-state index is 0. The first-order chi connectivity index (χ1) is 10.5. The first-order valence-electron chi connectivity index (χ1n) is 7.97. The Balaban J connectivity index is 0.00000192. The van der Waals surface area contributed by atoms with Gasteiger partial charge in [-0.3, -0.25) is 0 Å². The van der Waals surface area contributed by atoms with Crippen LogP contribution in [0.4, 0.5) is 4.39 Å². The Morgan fingerprint density at radius 2 is 1.87 bits per heavy atom. The molecule has 4 nitrogen and oxygen atoms in total. The van der Waals surface area contributed by atoms with Crippen LogP contribution < -0.4 is 5.32 Å². The summed E-state index contributed by atoms with van der Waals surface area (Å²) in [6.07, 6.45) is 4.21. The molecule has 0 unspecified atom stereocenters. The lowest BCUT2D eigenvalue weighted by Gasteiger charge is -2.32. The predicted molar refractivity (Wildman–Crippen MR) is 90.9 cm³/mol. The summed E-state index contributed by atoms with van der Waals surface area (Å²) in [4.78, 5) is -0.167.